The van der Waals surface area contributed by atoms with Crippen molar-refractivity contribution in [3.8, 4) is 0 Å². The molecule has 2 rings (SSSR count). The lowest BCUT2D eigenvalue weighted by Gasteiger charge is -2.26. The number of rotatable bonds is 6. The summed E-state index contributed by atoms with van der Waals surface area (Å²) >= 11 is 0. The van der Waals surface area contributed by atoms with Gasteiger partial charge in [0.15, 0.2) is 0 Å². The van der Waals surface area contributed by atoms with Gasteiger partial charge in [-0.25, -0.2) is 8.42 Å². The highest BCUT2D eigenvalue weighted by molar-refractivity contribution is 7.89. The Morgan fingerprint density at radius 1 is 1.00 bits per heavy atom. The van der Waals surface area contributed by atoms with Crippen molar-refractivity contribution in [3.63, 3.8) is 0 Å². The molecule has 0 radical (unpaired) electrons. The van der Waals surface area contributed by atoms with E-state index in [4.69, 9.17) is 0 Å². The molecule has 0 unspecified atom stereocenters. The average Bonchev–Trinajstić information content (AvgIpc) is 2.55. The molecular weight excluding hydrogens is 348 g/mol. The summed E-state index contributed by atoms with van der Waals surface area (Å²) in [5.74, 6) is -0.356. The lowest BCUT2D eigenvalue weighted by Crippen LogP contribution is -2.52. The van der Waals surface area contributed by atoms with E-state index in [9.17, 15) is 13.2 Å². The number of carbonyl (C=O) groups excluding carboxylic acids is 1. The molecule has 1 fully saturated rings. The number of amides is 1. The van der Waals surface area contributed by atoms with Crippen molar-refractivity contribution in [1.29, 1.82) is 0 Å². The van der Waals surface area contributed by atoms with Crippen molar-refractivity contribution >= 4 is 15.9 Å². The molecule has 1 saturated carbocycles. The molecule has 0 heterocycles. The van der Waals surface area contributed by atoms with Crippen molar-refractivity contribution in [2.45, 2.75) is 82.7 Å². The van der Waals surface area contributed by atoms with Gasteiger partial charge in [-0.05, 0) is 37.8 Å². The molecule has 0 saturated heterocycles. The standard InChI is InChI=1S/C20H32N2O3S/c1-15(2)19(20(23)21-17-9-7-5-4-6-8-10-17)22-26(24,25)18-13-11-16(3)12-14-18/h11-15,17,19,22H,4-10H2,1-3H3,(H,21,23)/t19-/m0/s1. The highest BCUT2D eigenvalue weighted by Crippen LogP contribution is 2.18. The minimum absolute atomic E-state index is 0.135. The molecule has 1 aliphatic carbocycles. The molecule has 146 valence electrons. The van der Waals surface area contributed by atoms with Crippen LogP contribution in [0, 0.1) is 12.8 Å². The quantitative estimate of drug-likeness (QED) is 0.793. The van der Waals surface area contributed by atoms with E-state index in [1.54, 1.807) is 24.3 Å². The minimum Gasteiger partial charge on any atom is -0.352 e. The summed E-state index contributed by atoms with van der Waals surface area (Å²) in [6.07, 6.45) is 7.87. The first-order valence-corrected chi connectivity index (χ1v) is 11.2. The minimum atomic E-state index is -3.73. The zero-order valence-corrected chi connectivity index (χ0v) is 16.9. The average molecular weight is 381 g/mol. The Balaban J connectivity index is 2.06. The molecule has 5 nitrogen and oxygen atoms in total. The number of carbonyl (C=O) groups is 1. The smallest absolute Gasteiger partial charge is 0.241 e. The molecule has 0 spiro atoms. The Hall–Kier alpha value is -1.40. The molecular formula is C20H32N2O3S. The van der Waals surface area contributed by atoms with E-state index in [1.807, 2.05) is 20.8 Å². The van der Waals surface area contributed by atoms with E-state index >= 15 is 0 Å². The molecule has 1 atom stereocenters. The van der Waals surface area contributed by atoms with Gasteiger partial charge in [0, 0.05) is 6.04 Å². The third-order valence-electron chi connectivity index (χ3n) is 5.01. The summed E-state index contributed by atoms with van der Waals surface area (Å²) in [5, 5.41) is 3.09. The van der Waals surface area contributed by atoms with E-state index in [0.717, 1.165) is 31.2 Å². The van der Waals surface area contributed by atoms with Gasteiger partial charge in [0.05, 0.1) is 4.90 Å². The largest absolute Gasteiger partial charge is 0.352 e. The van der Waals surface area contributed by atoms with Gasteiger partial charge in [-0.1, -0.05) is 63.6 Å². The molecule has 2 N–H and O–H groups in total. The van der Waals surface area contributed by atoms with Crippen LogP contribution in [0.2, 0.25) is 0 Å². The third kappa shape index (κ3) is 6.09. The van der Waals surface area contributed by atoms with Crippen molar-refractivity contribution in [2.75, 3.05) is 0 Å². The van der Waals surface area contributed by atoms with Crippen molar-refractivity contribution in [2.24, 2.45) is 5.92 Å². The van der Waals surface area contributed by atoms with Crippen LogP contribution in [0.25, 0.3) is 0 Å². The maximum absolute atomic E-state index is 12.8. The van der Waals surface area contributed by atoms with Gasteiger partial charge in [-0.15, -0.1) is 0 Å². The van der Waals surface area contributed by atoms with E-state index in [1.165, 1.54) is 19.3 Å². The van der Waals surface area contributed by atoms with Gasteiger partial charge in [0.2, 0.25) is 15.9 Å². The van der Waals surface area contributed by atoms with Crippen LogP contribution in [0.1, 0.15) is 64.4 Å². The first kappa shape index (κ1) is 20.9. The summed E-state index contributed by atoms with van der Waals surface area (Å²) in [6.45, 7) is 5.63. The summed E-state index contributed by atoms with van der Waals surface area (Å²) in [4.78, 5) is 13.0. The molecule has 26 heavy (non-hydrogen) atoms. The Morgan fingerprint density at radius 2 is 1.54 bits per heavy atom. The number of hydrogen-bond acceptors (Lipinski definition) is 3. The second kappa shape index (κ2) is 9.51. The van der Waals surface area contributed by atoms with Gasteiger partial charge in [-0.2, -0.15) is 4.72 Å². The number of hydrogen-bond donors (Lipinski definition) is 2. The molecule has 1 aliphatic rings. The van der Waals surface area contributed by atoms with Crippen LogP contribution in [0.15, 0.2) is 29.2 Å². The monoisotopic (exact) mass is 380 g/mol. The molecule has 1 aromatic rings. The highest BCUT2D eigenvalue weighted by Gasteiger charge is 2.29. The first-order chi connectivity index (χ1) is 12.3. The van der Waals surface area contributed by atoms with E-state index in [-0.39, 0.29) is 22.8 Å². The first-order valence-electron chi connectivity index (χ1n) is 9.69. The summed E-state index contributed by atoms with van der Waals surface area (Å²) < 4.78 is 27.9. The zero-order chi connectivity index (χ0) is 19.2. The van der Waals surface area contributed by atoms with Crippen LogP contribution in [0.3, 0.4) is 0 Å². The normalized spacial score (nSPS) is 18.2. The second-order valence-electron chi connectivity index (χ2n) is 7.71. The number of sulfonamides is 1. The third-order valence-corrected chi connectivity index (χ3v) is 6.47. The zero-order valence-electron chi connectivity index (χ0n) is 16.1. The second-order valence-corrected chi connectivity index (χ2v) is 9.42. The fraction of sp³-hybridized carbons (Fsp3) is 0.650. The van der Waals surface area contributed by atoms with Crippen LogP contribution >= 0.6 is 0 Å². The fourth-order valence-corrected chi connectivity index (χ4v) is 4.68. The summed E-state index contributed by atoms with van der Waals surface area (Å²) in [7, 11) is -3.73. The van der Waals surface area contributed by atoms with Crippen LogP contribution < -0.4 is 10.0 Å². The van der Waals surface area contributed by atoms with Crippen LogP contribution in [-0.2, 0) is 14.8 Å². The van der Waals surface area contributed by atoms with Gasteiger partial charge in [0.1, 0.15) is 6.04 Å². The number of aryl methyl sites for hydroxylation is 1. The number of benzene rings is 1. The Bertz CT molecular complexity index is 676. The van der Waals surface area contributed by atoms with Crippen LogP contribution in [0.4, 0.5) is 0 Å². The predicted octanol–water partition coefficient (Wildman–Crippen LogP) is 3.53. The molecule has 0 bridgehead atoms. The molecule has 1 amide bonds. The fourth-order valence-electron chi connectivity index (χ4n) is 3.34. The van der Waals surface area contributed by atoms with E-state index in [2.05, 4.69) is 10.0 Å². The SMILES string of the molecule is Cc1ccc(S(=O)(=O)N[C@H](C(=O)NC2CCCCCCC2)C(C)C)cc1. The summed E-state index contributed by atoms with van der Waals surface area (Å²) in [6, 6.07) is 6.03. The van der Waals surface area contributed by atoms with Gasteiger partial charge in [0.25, 0.3) is 0 Å². The van der Waals surface area contributed by atoms with Crippen molar-refractivity contribution in [3.05, 3.63) is 29.8 Å². The Labute approximate surface area is 158 Å². The molecule has 1 aromatic carbocycles. The van der Waals surface area contributed by atoms with Gasteiger partial charge in [-0.3, -0.25) is 4.79 Å². The maximum Gasteiger partial charge on any atom is 0.241 e. The van der Waals surface area contributed by atoms with Crippen LogP contribution in [0.5, 0.6) is 0 Å². The van der Waals surface area contributed by atoms with Crippen LogP contribution in [-0.4, -0.2) is 26.4 Å². The summed E-state index contributed by atoms with van der Waals surface area (Å²) in [5.41, 5.74) is 0.992. The molecule has 6 heteroatoms. The number of nitrogens with one attached hydrogen (secondary N) is 2. The highest BCUT2D eigenvalue weighted by atomic mass is 32.2. The van der Waals surface area contributed by atoms with Gasteiger partial charge < -0.3 is 5.32 Å². The Kier molecular flexibility index (Phi) is 7.65. The molecule has 0 aliphatic heterocycles. The van der Waals surface area contributed by atoms with Gasteiger partial charge >= 0.3 is 0 Å². The Morgan fingerprint density at radius 3 is 2.08 bits per heavy atom. The molecule has 0 aromatic heterocycles. The topological polar surface area (TPSA) is 75.3 Å². The predicted molar refractivity (Wildman–Crippen MR) is 104 cm³/mol. The maximum atomic E-state index is 12.8. The van der Waals surface area contributed by atoms with E-state index < -0.39 is 16.1 Å². The van der Waals surface area contributed by atoms with Crippen molar-refractivity contribution < 1.29 is 13.2 Å². The van der Waals surface area contributed by atoms with E-state index in [0.29, 0.717) is 0 Å². The lowest BCUT2D eigenvalue weighted by molar-refractivity contribution is -0.124. The van der Waals surface area contributed by atoms with Crippen molar-refractivity contribution in [1.82, 2.24) is 10.0 Å². The lowest BCUT2D eigenvalue weighted by atomic mass is 9.96.